The summed E-state index contributed by atoms with van der Waals surface area (Å²) < 4.78 is 18.1. The number of aliphatic hydroxyl groups is 3. The van der Waals surface area contributed by atoms with Crippen LogP contribution in [0.2, 0.25) is 0 Å². The lowest BCUT2D eigenvalue weighted by molar-refractivity contribution is -0.313. The average molecular weight is 921 g/mol. The fraction of sp³-hybridized carbons (Fsp3) is 0.847. The zero-order chi connectivity index (χ0) is 47.4. The van der Waals surface area contributed by atoms with E-state index in [4.69, 9.17) is 14.2 Å². The zero-order valence-electron chi connectivity index (χ0n) is 43.2. The molecule has 7 heteroatoms. The summed E-state index contributed by atoms with van der Waals surface area (Å²) in [5.41, 5.74) is 2.13. The maximum absolute atomic E-state index is 12.7. The third kappa shape index (κ3) is 16.1. The van der Waals surface area contributed by atoms with Crippen LogP contribution in [-0.4, -0.2) is 64.7 Å². The lowest BCUT2D eigenvalue weighted by Crippen LogP contribution is -2.60. The van der Waals surface area contributed by atoms with Gasteiger partial charge in [0.15, 0.2) is 6.29 Å². The van der Waals surface area contributed by atoms with Crippen molar-refractivity contribution in [1.29, 1.82) is 0 Å². The van der Waals surface area contributed by atoms with Crippen molar-refractivity contribution in [2.45, 2.75) is 265 Å². The Morgan fingerprint density at radius 1 is 0.727 bits per heavy atom. The van der Waals surface area contributed by atoms with E-state index in [1.54, 1.807) is 0 Å². The Hall–Kier alpha value is -1.77. The minimum absolute atomic E-state index is 0.144. The van der Waals surface area contributed by atoms with Gasteiger partial charge in [-0.15, -0.1) is 0 Å². The van der Waals surface area contributed by atoms with Crippen molar-refractivity contribution in [3.8, 4) is 0 Å². The molecule has 13 atom stereocenters. The minimum Gasteiger partial charge on any atom is -0.463 e. The van der Waals surface area contributed by atoms with Crippen LogP contribution in [0.4, 0.5) is 0 Å². The monoisotopic (exact) mass is 921 g/mol. The molecule has 1 heterocycles. The lowest BCUT2D eigenvalue weighted by atomic mass is 9.47. The number of rotatable bonds is 30. The molecule has 0 amide bonds. The van der Waals surface area contributed by atoms with E-state index in [0.717, 1.165) is 93.8 Å². The number of esters is 1. The highest BCUT2D eigenvalue weighted by Gasteiger charge is 2.59. The molecule has 0 aromatic heterocycles. The summed E-state index contributed by atoms with van der Waals surface area (Å²) in [5.74, 6) is 4.41. The van der Waals surface area contributed by atoms with Gasteiger partial charge in [0.2, 0.25) is 0 Å². The smallest absolute Gasteiger partial charge is 0.305 e. The van der Waals surface area contributed by atoms with Gasteiger partial charge in [-0.3, -0.25) is 4.79 Å². The molecule has 0 aromatic rings. The van der Waals surface area contributed by atoms with Crippen LogP contribution in [-0.2, 0) is 19.0 Å². The quantitative estimate of drug-likeness (QED) is 0.0374. The first-order valence-electron chi connectivity index (χ1n) is 28.0. The van der Waals surface area contributed by atoms with Crippen LogP contribution in [0.1, 0.15) is 228 Å². The predicted molar refractivity (Wildman–Crippen MR) is 272 cm³/mol. The fourth-order valence-corrected chi connectivity index (χ4v) is 13.6. The van der Waals surface area contributed by atoms with Gasteiger partial charge in [-0.05, 0) is 143 Å². The molecule has 0 bridgehead atoms. The number of hydrogen-bond acceptors (Lipinski definition) is 7. The van der Waals surface area contributed by atoms with Gasteiger partial charge in [-0.2, -0.15) is 0 Å². The first kappa shape index (κ1) is 55.2. The summed E-state index contributed by atoms with van der Waals surface area (Å²) in [5, 5.41) is 32.6. The number of carbonyl (C=O) groups excluding carboxylic acids is 1. The molecule has 4 fully saturated rings. The van der Waals surface area contributed by atoms with Crippen LogP contribution in [0.25, 0.3) is 0 Å². The second-order valence-corrected chi connectivity index (χ2v) is 22.9. The van der Waals surface area contributed by atoms with Crippen LogP contribution >= 0.6 is 0 Å². The summed E-state index contributed by atoms with van der Waals surface area (Å²) in [7, 11) is 0. The molecule has 4 aliphatic carbocycles. The van der Waals surface area contributed by atoms with Gasteiger partial charge in [0, 0.05) is 6.42 Å². The van der Waals surface area contributed by atoms with E-state index in [2.05, 4.69) is 84.1 Å². The van der Waals surface area contributed by atoms with E-state index in [0.29, 0.717) is 17.8 Å². The molecule has 5 aliphatic rings. The van der Waals surface area contributed by atoms with Gasteiger partial charge in [0.1, 0.15) is 31.0 Å². The molecule has 1 saturated heterocycles. The van der Waals surface area contributed by atoms with Crippen LogP contribution < -0.4 is 0 Å². The molecule has 0 aromatic carbocycles. The second-order valence-electron chi connectivity index (χ2n) is 22.9. The van der Waals surface area contributed by atoms with Gasteiger partial charge in [-0.1, -0.05) is 173 Å². The molecule has 3 N–H and O–H groups in total. The second kappa shape index (κ2) is 28.8. The maximum atomic E-state index is 12.7. The summed E-state index contributed by atoms with van der Waals surface area (Å²) in [6.45, 7) is 14.5. The van der Waals surface area contributed by atoms with Crippen molar-refractivity contribution in [2.75, 3.05) is 6.61 Å². The van der Waals surface area contributed by atoms with Gasteiger partial charge < -0.3 is 29.5 Å². The molecular weight excluding hydrogens is 821 g/mol. The van der Waals surface area contributed by atoms with Gasteiger partial charge in [0.25, 0.3) is 0 Å². The number of allylic oxidation sites excluding steroid dienone is 7. The Morgan fingerprint density at radius 2 is 1.36 bits per heavy atom. The molecule has 7 nitrogen and oxygen atoms in total. The van der Waals surface area contributed by atoms with Crippen molar-refractivity contribution in [3.63, 3.8) is 0 Å². The Labute approximate surface area is 404 Å². The number of fused-ring (bicyclic) bond motifs is 5. The van der Waals surface area contributed by atoms with Crippen LogP contribution in [0, 0.1) is 46.3 Å². The summed E-state index contributed by atoms with van der Waals surface area (Å²) in [6.07, 6.45) is 43.9. The first-order valence-corrected chi connectivity index (χ1v) is 28.0. The Bertz CT molecular complexity index is 1500. The molecule has 0 radical (unpaired) electrons. The molecule has 66 heavy (non-hydrogen) atoms. The predicted octanol–water partition coefficient (Wildman–Crippen LogP) is 14.5. The SMILES string of the molecule is CCCCCCC/C=C\C/C=C\C/C=C\CCCCCCCCCCC(=O)OCC1OC(OC2CCC3(C)C(=CCC4C3CCC3(C)C(C(C)CCCC(C)C)CCC43)C2)C(O)C(O)C1O. The molecule has 5 rings (SSSR count). The Kier molecular flexibility index (Phi) is 24.1. The van der Waals surface area contributed by atoms with Crippen molar-refractivity contribution < 1.29 is 34.3 Å². The first-order chi connectivity index (χ1) is 31.9. The Morgan fingerprint density at radius 3 is 2.03 bits per heavy atom. The van der Waals surface area contributed by atoms with E-state index in [1.807, 2.05) is 0 Å². The number of carbonyl (C=O) groups is 1. The molecule has 1 aliphatic heterocycles. The fourth-order valence-electron chi connectivity index (χ4n) is 13.6. The maximum Gasteiger partial charge on any atom is 0.305 e. The van der Waals surface area contributed by atoms with E-state index in [1.165, 1.54) is 121 Å². The highest BCUT2D eigenvalue weighted by atomic mass is 16.7. The largest absolute Gasteiger partial charge is 0.463 e. The number of ether oxygens (including phenoxy) is 3. The van der Waals surface area contributed by atoms with Crippen molar-refractivity contribution >= 4 is 5.97 Å². The van der Waals surface area contributed by atoms with Crippen LogP contribution in [0.5, 0.6) is 0 Å². The summed E-state index contributed by atoms with van der Waals surface area (Å²) >= 11 is 0. The van der Waals surface area contributed by atoms with Gasteiger partial charge in [-0.25, -0.2) is 0 Å². The van der Waals surface area contributed by atoms with Gasteiger partial charge >= 0.3 is 5.97 Å². The van der Waals surface area contributed by atoms with Crippen molar-refractivity contribution in [2.24, 2.45) is 46.3 Å². The molecule has 0 spiro atoms. The Balaban J connectivity index is 0.923. The molecule has 378 valence electrons. The highest BCUT2D eigenvalue weighted by molar-refractivity contribution is 5.69. The van der Waals surface area contributed by atoms with E-state index in [9.17, 15) is 20.1 Å². The normalized spacial score (nSPS) is 33.9. The van der Waals surface area contributed by atoms with E-state index >= 15 is 0 Å². The molecular formula is C59H100O7. The lowest BCUT2D eigenvalue weighted by Gasteiger charge is -2.58. The number of hydrogen-bond donors (Lipinski definition) is 3. The van der Waals surface area contributed by atoms with Crippen molar-refractivity contribution in [3.05, 3.63) is 48.1 Å². The number of aliphatic hydroxyl groups excluding tert-OH is 3. The summed E-state index contributed by atoms with van der Waals surface area (Å²) in [6, 6.07) is 0. The minimum atomic E-state index is -1.45. The highest BCUT2D eigenvalue weighted by Crippen LogP contribution is 2.67. The van der Waals surface area contributed by atoms with Crippen LogP contribution in [0.15, 0.2) is 48.1 Å². The summed E-state index contributed by atoms with van der Waals surface area (Å²) in [4.78, 5) is 12.7. The standard InChI is InChI=1S/C59H100O7/c1-7-8-9-10-11-12-13-14-15-16-17-18-19-20-21-22-23-24-25-26-27-28-29-33-53(60)64-43-52-54(61)55(62)56(63)57(66-52)65-47-38-40-58(5)46(42-47)34-35-48-50-37-36-49(45(4)32-30-31-44(2)3)59(50,6)41-39-51(48)58/h13-14,16-17,19-20,34,44-45,47-52,54-57,61-63H,7-12,15,18,21-33,35-43H2,1-6H3/b14-13-,17-16-,20-19-. The number of unbranched alkanes of at least 4 members (excludes halogenated alkanes) is 13. The van der Waals surface area contributed by atoms with Crippen molar-refractivity contribution in [1.82, 2.24) is 0 Å². The molecule has 13 unspecified atom stereocenters. The molecule has 3 saturated carbocycles. The topological polar surface area (TPSA) is 105 Å². The third-order valence-corrected chi connectivity index (χ3v) is 17.7. The third-order valence-electron chi connectivity index (χ3n) is 17.7. The average Bonchev–Trinajstić information content (AvgIpc) is 3.66. The van der Waals surface area contributed by atoms with E-state index < -0.39 is 30.7 Å². The van der Waals surface area contributed by atoms with E-state index in [-0.39, 0.29) is 24.1 Å². The van der Waals surface area contributed by atoms with Crippen LogP contribution in [0.3, 0.4) is 0 Å². The van der Waals surface area contributed by atoms with Gasteiger partial charge in [0.05, 0.1) is 6.10 Å². The zero-order valence-corrected chi connectivity index (χ0v) is 43.2.